The molecule has 1 atom stereocenters. The lowest BCUT2D eigenvalue weighted by Gasteiger charge is -2.42. The second kappa shape index (κ2) is 4.39. The van der Waals surface area contributed by atoms with E-state index in [0.29, 0.717) is 5.57 Å². The fourth-order valence-electron chi connectivity index (χ4n) is 2.44. The van der Waals surface area contributed by atoms with E-state index in [0.717, 1.165) is 11.3 Å². The Hall–Kier alpha value is -2.35. The summed E-state index contributed by atoms with van der Waals surface area (Å²) in [7, 11) is 0. The maximum atomic E-state index is 12.1. The third-order valence-corrected chi connectivity index (χ3v) is 3.51. The molecule has 94 valence electrons. The molecule has 1 saturated heterocycles. The smallest absolute Gasteiger partial charge is 0.256 e. The topological polar surface area (TPSA) is 20.3 Å². The van der Waals surface area contributed by atoms with Crippen molar-refractivity contribution in [2.75, 3.05) is 4.90 Å². The number of hydrogen-bond acceptors (Lipinski definition) is 1. The van der Waals surface area contributed by atoms with Gasteiger partial charge in [-0.2, -0.15) is 0 Å². The molecule has 0 saturated carbocycles. The van der Waals surface area contributed by atoms with Crippen LogP contribution >= 0.6 is 0 Å². The van der Waals surface area contributed by atoms with Crippen LogP contribution in [0.4, 0.5) is 5.69 Å². The lowest BCUT2D eigenvalue weighted by Crippen LogP contribution is -2.48. The fraction of sp³-hybridized carbons (Fsp3) is 0.118. The number of aryl methyl sites for hydroxylation is 1. The molecule has 19 heavy (non-hydrogen) atoms. The van der Waals surface area contributed by atoms with Crippen molar-refractivity contribution in [3.8, 4) is 0 Å². The first-order chi connectivity index (χ1) is 9.18. The molecular formula is C17H15NO. The highest BCUT2D eigenvalue weighted by molar-refractivity contribution is 6.14. The third kappa shape index (κ3) is 1.85. The number of amides is 1. The van der Waals surface area contributed by atoms with Gasteiger partial charge in [0.15, 0.2) is 0 Å². The maximum absolute atomic E-state index is 12.1. The van der Waals surface area contributed by atoms with Crippen LogP contribution in [0.15, 0.2) is 66.7 Å². The first kappa shape index (κ1) is 11.7. The Balaban J connectivity index is 1.98. The van der Waals surface area contributed by atoms with Crippen molar-refractivity contribution in [3.63, 3.8) is 0 Å². The average molecular weight is 249 g/mol. The Morgan fingerprint density at radius 1 is 1.00 bits per heavy atom. The second-order valence-electron chi connectivity index (χ2n) is 4.85. The molecule has 1 amide bonds. The first-order valence-corrected chi connectivity index (χ1v) is 6.32. The highest BCUT2D eigenvalue weighted by Gasteiger charge is 2.42. The van der Waals surface area contributed by atoms with Gasteiger partial charge < -0.3 is 0 Å². The average Bonchev–Trinajstić information content (AvgIpc) is 2.46. The second-order valence-corrected chi connectivity index (χ2v) is 4.85. The number of nitrogens with zero attached hydrogens (tertiary/aromatic N) is 1. The molecule has 2 aromatic carbocycles. The largest absolute Gasteiger partial charge is 0.297 e. The van der Waals surface area contributed by atoms with E-state index in [-0.39, 0.29) is 11.9 Å². The van der Waals surface area contributed by atoms with E-state index in [9.17, 15) is 4.79 Å². The number of β-lactam (4-membered cyclic amide) rings is 1. The predicted molar refractivity (Wildman–Crippen MR) is 77.0 cm³/mol. The Kier molecular flexibility index (Phi) is 2.71. The van der Waals surface area contributed by atoms with E-state index in [1.807, 2.05) is 61.5 Å². The van der Waals surface area contributed by atoms with Crippen LogP contribution in [0.2, 0.25) is 0 Å². The van der Waals surface area contributed by atoms with Crippen LogP contribution in [-0.2, 0) is 4.79 Å². The van der Waals surface area contributed by atoms with Gasteiger partial charge in [0.25, 0.3) is 5.91 Å². The van der Waals surface area contributed by atoms with Gasteiger partial charge in [0, 0.05) is 11.3 Å². The summed E-state index contributed by atoms with van der Waals surface area (Å²) >= 11 is 0. The van der Waals surface area contributed by atoms with Crippen molar-refractivity contribution in [2.24, 2.45) is 0 Å². The van der Waals surface area contributed by atoms with E-state index >= 15 is 0 Å². The molecule has 1 aliphatic rings. The highest BCUT2D eigenvalue weighted by atomic mass is 16.2. The molecule has 1 heterocycles. The summed E-state index contributed by atoms with van der Waals surface area (Å²) < 4.78 is 0. The molecule has 1 unspecified atom stereocenters. The molecule has 2 aromatic rings. The van der Waals surface area contributed by atoms with Crippen molar-refractivity contribution in [1.82, 2.24) is 0 Å². The van der Waals surface area contributed by atoms with Crippen molar-refractivity contribution in [2.45, 2.75) is 13.0 Å². The van der Waals surface area contributed by atoms with Gasteiger partial charge in [0.2, 0.25) is 0 Å². The summed E-state index contributed by atoms with van der Waals surface area (Å²) in [4.78, 5) is 13.9. The molecule has 2 nitrogen and oxygen atoms in total. The molecule has 3 rings (SSSR count). The van der Waals surface area contributed by atoms with Gasteiger partial charge in [0.1, 0.15) is 0 Å². The third-order valence-electron chi connectivity index (χ3n) is 3.51. The Morgan fingerprint density at radius 2 is 1.63 bits per heavy atom. The Bertz CT molecular complexity index is 628. The van der Waals surface area contributed by atoms with Gasteiger partial charge in [0.05, 0.1) is 6.04 Å². The minimum Gasteiger partial charge on any atom is -0.297 e. The van der Waals surface area contributed by atoms with Crippen molar-refractivity contribution in [1.29, 1.82) is 0 Å². The number of rotatable bonds is 2. The van der Waals surface area contributed by atoms with Crippen LogP contribution in [-0.4, -0.2) is 5.91 Å². The molecule has 1 aliphatic heterocycles. The quantitative estimate of drug-likeness (QED) is 0.588. The Morgan fingerprint density at radius 3 is 2.26 bits per heavy atom. The monoisotopic (exact) mass is 249 g/mol. The normalized spacial score (nSPS) is 18.4. The van der Waals surface area contributed by atoms with Crippen molar-refractivity contribution in [3.05, 3.63) is 77.9 Å². The molecule has 0 bridgehead atoms. The zero-order chi connectivity index (χ0) is 13.4. The van der Waals surface area contributed by atoms with E-state index in [1.54, 1.807) is 4.90 Å². The molecule has 0 spiro atoms. The maximum Gasteiger partial charge on any atom is 0.256 e. The number of benzene rings is 2. The molecule has 0 aromatic heterocycles. The number of carbonyl (C=O) groups excluding carboxylic acids is 1. The van der Waals surface area contributed by atoms with Crippen LogP contribution in [0.3, 0.4) is 0 Å². The number of anilines is 1. The van der Waals surface area contributed by atoms with Gasteiger partial charge in [-0.25, -0.2) is 0 Å². The summed E-state index contributed by atoms with van der Waals surface area (Å²) in [5.41, 5.74) is 3.88. The number of carbonyl (C=O) groups is 1. The van der Waals surface area contributed by atoms with E-state index < -0.39 is 0 Å². The lowest BCUT2D eigenvalue weighted by atomic mass is 9.88. The lowest BCUT2D eigenvalue weighted by molar-refractivity contribution is -0.118. The van der Waals surface area contributed by atoms with Crippen LogP contribution in [0.25, 0.3) is 0 Å². The molecule has 2 heteroatoms. The molecule has 1 fully saturated rings. The van der Waals surface area contributed by atoms with E-state index in [1.165, 1.54) is 5.56 Å². The van der Waals surface area contributed by atoms with Gasteiger partial charge in [-0.05, 0) is 24.6 Å². The summed E-state index contributed by atoms with van der Waals surface area (Å²) in [6.07, 6.45) is 0. The van der Waals surface area contributed by atoms with Crippen molar-refractivity contribution >= 4 is 11.6 Å². The molecule has 0 aliphatic carbocycles. The van der Waals surface area contributed by atoms with Gasteiger partial charge in [-0.15, -0.1) is 0 Å². The Labute approximate surface area is 113 Å². The van der Waals surface area contributed by atoms with Gasteiger partial charge in [-0.3, -0.25) is 9.69 Å². The van der Waals surface area contributed by atoms with E-state index in [2.05, 4.69) is 6.58 Å². The summed E-state index contributed by atoms with van der Waals surface area (Å²) in [6, 6.07) is 18.0. The highest BCUT2D eigenvalue weighted by Crippen LogP contribution is 2.41. The number of hydrogen-bond donors (Lipinski definition) is 0. The van der Waals surface area contributed by atoms with Crippen LogP contribution in [0.5, 0.6) is 0 Å². The van der Waals surface area contributed by atoms with Crippen LogP contribution < -0.4 is 4.90 Å². The van der Waals surface area contributed by atoms with E-state index in [4.69, 9.17) is 0 Å². The zero-order valence-electron chi connectivity index (χ0n) is 10.8. The fourth-order valence-corrected chi connectivity index (χ4v) is 2.44. The standard InChI is InChI=1S/C17H15NO/c1-12-8-10-15(11-9-12)18-16(13(2)17(18)19)14-6-4-3-5-7-14/h3-11,16H,2H2,1H3. The molecule has 0 radical (unpaired) electrons. The molecular weight excluding hydrogens is 234 g/mol. The first-order valence-electron chi connectivity index (χ1n) is 6.32. The minimum atomic E-state index is -0.0311. The minimum absolute atomic E-state index is 0.0118. The molecule has 0 N–H and O–H groups in total. The summed E-state index contributed by atoms with van der Waals surface area (Å²) in [5, 5.41) is 0. The SMILES string of the molecule is C=C1C(=O)N(c2ccc(C)cc2)C1c1ccccc1. The predicted octanol–water partition coefficient (Wildman–Crippen LogP) is 3.64. The summed E-state index contributed by atoms with van der Waals surface area (Å²) in [5.74, 6) is 0.0118. The van der Waals surface area contributed by atoms with Crippen LogP contribution in [0, 0.1) is 6.92 Å². The zero-order valence-corrected chi connectivity index (χ0v) is 10.8. The van der Waals surface area contributed by atoms with Gasteiger partial charge >= 0.3 is 0 Å². The summed E-state index contributed by atoms with van der Waals surface area (Å²) in [6.45, 7) is 5.94. The van der Waals surface area contributed by atoms with Crippen molar-refractivity contribution < 1.29 is 4.79 Å². The van der Waals surface area contributed by atoms with Crippen LogP contribution in [0.1, 0.15) is 17.2 Å². The van der Waals surface area contributed by atoms with Gasteiger partial charge in [-0.1, -0.05) is 54.6 Å².